The van der Waals surface area contributed by atoms with Crippen molar-refractivity contribution < 1.29 is 15.0 Å². The fourth-order valence-electron chi connectivity index (χ4n) is 5.87. The van der Waals surface area contributed by atoms with Crippen LogP contribution in [0.5, 0.6) is 0 Å². The van der Waals surface area contributed by atoms with E-state index in [1.807, 2.05) is 4.31 Å². The Kier molecular flexibility index (Phi) is 7.53. The first-order chi connectivity index (χ1) is 14.8. The van der Waals surface area contributed by atoms with Crippen molar-refractivity contribution in [3.8, 4) is 0 Å². The van der Waals surface area contributed by atoms with E-state index in [4.69, 9.17) is 0 Å². The molecule has 178 valence electrons. The molecule has 0 aromatic rings. The molecule has 0 saturated heterocycles. The van der Waals surface area contributed by atoms with Gasteiger partial charge in [-0.2, -0.15) is 0 Å². The highest BCUT2D eigenvalue weighted by atomic mass is 32.2. The Morgan fingerprint density at radius 3 is 2.66 bits per heavy atom. The standard InChI is InChI=1S/C27H41NO3S/c1-17-21(15-22(30)16-25(17)31)11-10-20-9-8-14-27(7)23(12-13-24(20)27)18(2)32-28(19(3)29)26(4,5)6/h10-12,18,22,24-25,30-31H,1,8-9,13-16H2,2-7H3/t18-,22+,24?,25-,27+/m0/s1. The quantitative estimate of drug-likeness (QED) is 0.416. The van der Waals surface area contributed by atoms with Crippen molar-refractivity contribution in [2.45, 2.75) is 103 Å². The maximum atomic E-state index is 12.3. The summed E-state index contributed by atoms with van der Waals surface area (Å²) >= 11 is 1.67. The van der Waals surface area contributed by atoms with Crippen molar-refractivity contribution in [3.05, 3.63) is 47.1 Å². The molecule has 0 spiro atoms. The van der Waals surface area contributed by atoms with Gasteiger partial charge >= 0.3 is 0 Å². The SMILES string of the molecule is C=C1C(=CC=C2CCC[C@]3(C)C([C@H](C)SN(C(C)=O)C(C)(C)C)=CCC23)C[C@@H](O)C[C@@H]1O. The van der Waals surface area contributed by atoms with Crippen molar-refractivity contribution in [2.24, 2.45) is 11.3 Å². The fourth-order valence-corrected chi connectivity index (χ4v) is 7.13. The molecule has 5 atom stereocenters. The third-order valence-corrected chi connectivity index (χ3v) is 9.06. The van der Waals surface area contributed by atoms with Crippen LogP contribution in [0.15, 0.2) is 47.1 Å². The Labute approximate surface area is 198 Å². The molecule has 0 aromatic carbocycles. The molecule has 0 heterocycles. The van der Waals surface area contributed by atoms with Gasteiger partial charge in [-0.1, -0.05) is 42.9 Å². The average Bonchev–Trinajstić information content (AvgIpc) is 3.04. The van der Waals surface area contributed by atoms with Crippen molar-refractivity contribution in [2.75, 3.05) is 0 Å². The van der Waals surface area contributed by atoms with Crippen molar-refractivity contribution >= 4 is 17.9 Å². The molecule has 3 aliphatic carbocycles. The number of hydrogen-bond donors (Lipinski definition) is 2. The largest absolute Gasteiger partial charge is 0.393 e. The summed E-state index contributed by atoms with van der Waals surface area (Å²) in [6.45, 7) is 16.6. The molecule has 1 unspecified atom stereocenters. The van der Waals surface area contributed by atoms with Crippen LogP contribution in [0, 0.1) is 11.3 Å². The number of amides is 1. The minimum Gasteiger partial charge on any atom is -0.393 e. The second kappa shape index (κ2) is 9.52. The summed E-state index contributed by atoms with van der Waals surface area (Å²) < 4.78 is 1.92. The number of allylic oxidation sites excluding steroid dienone is 4. The van der Waals surface area contributed by atoms with E-state index >= 15 is 0 Å². The lowest BCUT2D eigenvalue weighted by Gasteiger charge is -2.44. The molecule has 2 saturated carbocycles. The van der Waals surface area contributed by atoms with E-state index in [1.165, 1.54) is 17.6 Å². The van der Waals surface area contributed by atoms with Gasteiger partial charge in [-0.15, -0.1) is 0 Å². The first-order valence-electron chi connectivity index (χ1n) is 12.0. The number of hydrogen-bond acceptors (Lipinski definition) is 4. The summed E-state index contributed by atoms with van der Waals surface area (Å²) in [7, 11) is 0. The van der Waals surface area contributed by atoms with E-state index < -0.39 is 12.2 Å². The van der Waals surface area contributed by atoms with E-state index in [1.54, 1.807) is 18.9 Å². The number of fused-ring (bicyclic) bond motifs is 1. The van der Waals surface area contributed by atoms with Gasteiger partial charge in [0.2, 0.25) is 5.91 Å². The number of aliphatic hydroxyl groups is 2. The molecule has 0 aromatic heterocycles. The monoisotopic (exact) mass is 459 g/mol. The van der Waals surface area contributed by atoms with Crippen LogP contribution >= 0.6 is 11.9 Å². The molecule has 3 rings (SSSR count). The van der Waals surface area contributed by atoms with Gasteiger partial charge in [-0.3, -0.25) is 9.10 Å². The summed E-state index contributed by atoms with van der Waals surface area (Å²) in [4.78, 5) is 12.3. The fraction of sp³-hybridized carbons (Fsp3) is 0.667. The molecule has 2 N–H and O–H groups in total. The van der Waals surface area contributed by atoms with E-state index in [0.717, 1.165) is 30.4 Å². The number of carbonyl (C=O) groups is 1. The molecular weight excluding hydrogens is 418 g/mol. The predicted molar refractivity (Wildman–Crippen MR) is 134 cm³/mol. The normalized spacial score (nSPS) is 34.4. The Hall–Kier alpha value is -1.30. The minimum absolute atomic E-state index is 0.0996. The maximum Gasteiger partial charge on any atom is 0.229 e. The molecule has 2 fully saturated rings. The zero-order valence-electron chi connectivity index (χ0n) is 20.6. The van der Waals surface area contributed by atoms with E-state index in [9.17, 15) is 15.0 Å². The lowest BCUT2D eigenvalue weighted by molar-refractivity contribution is -0.126. The van der Waals surface area contributed by atoms with Crippen molar-refractivity contribution in [1.82, 2.24) is 4.31 Å². The molecule has 0 bridgehead atoms. The second-order valence-electron chi connectivity index (χ2n) is 11.0. The summed E-state index contributed by atoms with van der Waals surface area (Å²) in [5, 5.41) is 20.5. The Morgan fingerprint density at radius 1 is 1.34 bits per heavy atom. The molecule has 1 amide bonds. The topological polar surface area (TPSA) is 60.8 Å². The lowest BCUT2D eigenvalue weighted by Crippen LogP contribution is -2.41. The number of rotatable bonds is 4. The highest BCUT2D eigenvalue weighted by Gasteiger charge is 2.47. The molecule has 32 heavy (non-hydrogen) atoms. The highest BCUT2D eigenvalue weighted by Crippen LogP contribution is 2.57. The molecule has 0 aliphatic heterocycles. The summed E-state index contributed by atoms with van der Waals surface area (Å²) in [6.07, 6.45) is 11.0. The van der Waals surface area contributed by atoms with Gasteiger partial charge in [-0.05, 0) is 94.2 Å². The number of carbonyl (C=O) groups excluding carboxylic acids is 1. The minimum atomic E-state index is -0.648. The van der Waals surface area contributed by atoms with Crippen LogP contribution in [0.25, 0.3) is 0 Å². The van der Waals surface area contributed by atoms with Crippen LogP contribution in [0.4, 0.5) is 0 Å². The van der Waals surface area contributed by atoms with Crippen LogP contribution < -0.4 is 0 Å². The van der Waals surface area contributed by atoms with Crippen molar-refractivity contribution in [3.63, 3.8) is 0 Å². The molecule has 3 aliphatic rings. The zero-order valence-corrected chi connectivity index (χ0v) is 21.5. The van der Waals surface area contributed by atoms with Crippen LogP contribution in [0.3, 0.4) is 0 Å². The summed E-state index contributed by atoms with van der Waals surface area (Å²) in [5.41, 5.74) is 4.52. The molecule has 5 heteroatoms. The van der Waals surface area contributed by atoms with Gasteiger partial charge in [-0.25, -0.2) is 0 Å². The van der Waals surface area contributed by atoms with Crippen LogP contribution in [0.1, 0.15) is 80.1 Å². The maximum absolute atomic E-state index is 12.3. The van der Waals surface area contributed by atoms with E-state index in [2.05, 4.69) is 59.4 Å². The summed E-state index contributed by atoms with van der Waals surface area (Å²) in [6, 6.07) is 0. The van der Waals surface area contributed by atoms with Gasteiger partial charge in [0.1, 0.15) is 0 Å². The van der Waals surface area contributed by atoms with Crippen LogP contribution in [-0.2, 0) is 4.79 Å². The van der Waals surface area contributed by atoms with Gasteiger partial charge < -0.3 is 10.2 Å². The average molecular weight is 460 g/mol. The molecule has 4 nitrogen and oxygen atoms in total. The Morgan fingerprint density at radius 2 is 2.03 bits per heavy atom. The van der Waals surface area contributed by atoms with Crippen molar-refractivity contribution in [1.29, 1.82) is 0 Å². The lowest BCUT2D eigenvalue weighted by atomic mass is 9.64. The third kappa shape index (κ3) is 5.10. The van der Waals surface area contributed by atoms with E-state index in [0.29, 0.717) is 18.8 Å². The first kappa shape index (κ1) is 25.3. The van der Waals surface area contributed by atoms with Gasteiger partial charge in [0.15, 0.2) is 0 Å². The summed E-state index contributed by atoms with van der Waals surface area (Å²) in [5.74, 6) is 0.570. The van der Waals surface area contributed by atoms with Gasteiger partial charge in [0.05, 0.1) is 12.2 Å². The number of nitrogens with zero attached hydrogens (tertiary/aromatic N) is 1. The van der Waals surface area contributed by atoms with E-state index in [-0.39, 0.29) is 22.1 Å². The first-order valence-corrected chi connectivity index (χ1v) is 12.8. The van der Waals surface area contributed by atoms with Crippen LogP contribution in [0.2, 0.25) is 0 Å². The predicted octanol–water partition coefficient (Wildman–Crippen LogP) is 5.73. The molecule has 0 radical (unpaired) electrons. The highest BCUT2D eigenvalue weighted by molar-refractivity contribution is 7.98. The third-order valence-electron chi connectivity index (χ3n) is 7.47. The van der Waals surface area contributed by atoms with Crippen LogP contribution in [-0.4, -0.2) is 43.4 Å². The number of aliphatic hydroxyl groups excluding tert-OH is 2. The van der Waals surface area contributed by atoms with Gasteiger partial charge in [0.25, 0.3) is 0 Å². The molecular formula is C27H41NO3S. The van der Waals surface area contributed by atoms with Gasteiger partial charge in [0, 0.05) is 24.1 Å². The zero-order chi connectivity index (χ0) is 23.8. The smallest absolute Gasteiger partial charge is 0.229 e. The second-order valence-corrected chi connectivity index (χ2v) is 12.3. The Bertz CT molecular complexity index is 849. The Balaban J connectivity index is 1.80.